The summed E-state index contributed by atoms with van der Waals surface area (Å²) >= 11 is 0. The molecule has 1 aliphatic rings. The molecule has 7 heteroatoms. The van der Waals surface area contributed by atoms with Crippen LogP contribution in [-0.4, -0.2) is 42.8 Å². The molecule has 26 heavy (non-hydrogen) atoms. The van der Waals surface area contributed by atoms with Crippen LogP contribution < -0.4 is 14.5 Å². The number of quaternary nitrogens is 1. The van der Waals surface area contributed by atoms with E-state index in [2.05, 4.69) is 4.90 Å². The Morgan fingerprint density at radius 1 is 1.19 bits per heavy atom. The maximum absolute atomic E-state index is 10.8. The highest BCUT2D eigenvalue weighted by Crippen LogP contribution is 2.26. The summed E-state index contributed by atoms with van der Waals surface area (Å²) < 4.78 is 5.45. The molecule has 1 heterocycles. The van der Waals surface area contributed by atoms with Gasteiger partial charge in [-0.15, -0.1) is 0 Å². The number of phenols is 1. The smallest absolute Gasteiger partial charge is 0.269 e. The molecule has 0 atom stereocenters. The minimum Gasteiger partial charge on any atom is -0.504 e. The summed E-state index contributed by atoms with van der Waals surface area (Å²) in [6, 6.07) is 12.3. The SMILES string of the molecule is CCOc1cc(C[NH+]2CCN(c3ccc([N+](=O)[O-])cc3)CC2)ccc1O. The van der Waals surface area contributed by atoms with Crippen LogP contribution in [0.3, 0.4) is 0 Å². The Bertz CT molecular complexity index is 756. The van der Waals surface area contributed by atoms with Crippen LogP contribution in [0.2, 0.25) is 0 Å². The zero-order chi connectivity index (χ0) is 18.5. The van der Waals surface area contributed by atoms with E-state index in [0.29, 0.717) is 12.4 Å². The third-order valence-corrected chi connectivity index (χ3v) is 4.67. The predicted octanol–water partition coefficient (Wildman–Crippen LogP) is 1.60. The molecule has 7 nitrogen and oxygen atoms in total. The number of piperazine rings is 1. The summed E-state index contributed by atoms with van der Waals surface area (Å²) in [7, 11) is 0. The first kappa shape index (κ1) is 18.0. The van der Waals surface area contributed by atoms with Crippen LogP contribution >= 0.6 is 0 Å². The standard InChI is InChI=1S/C19H23N3O4/c1-2-26-19-13-15(3-8-18(19)23)14-20-9-11-21(12-10-20)16-4-6-17(7-5-16)22(24)25/h3-8,13,23H,2,9-12,14H2,1H3/p+1. The third-order valence-electron chi connectivity index (χ3n) is 4.67. The van der Waals surface area contributed by atoms with Crippen LogP contribution in [0.4, 0.5) is 11.4 Å². The van der Waals surface area contributed by atoms with E-state index in [1.165, 1.54) is 4.90 Å². The van der Waals surface area contributed by atoms with Crippen molar-refractivity contribution in [3.63, 3.8) is 0 Å². The lowest BCUT2D eigenvalue weighted by atomic mass is 10.1. The predicted molar refractivity (Wildman–Crippen MR) is 99.0 cm³/mol. The highest BCUT2D eigenvalue weighted by molar-refractivity contribution is 5.51. The van der Waals surface area contributed by atoms with Crippen molar-refractivity contribution in [2.75, 3.05) is 37.7 Å². The number of anilines is 1. The molecular weight excluding hydrogens is 334 g/mol. The minimum atomic E-state index is -0.375. The Balaban J connectivity index is 1.57. The second-order valence-electron chi connectivity index (χ2n) is 6.42. The van der Waals surface area contributed by atoms with E-state index in [-0.39, 0.29) is 16.4 Å². The van der Waals surface area contributed by atoms with Gasteiger partial charge in [0.05, 0.1) is 37.7 Å². The summed E-state index contributed by atoms with van der Waals surface area (Å²) in [4.78, 5) is 14.1. The molecule has 0 unspecified atom stereocenters. The Labute approximate surface area is 152 Å². The Morgan fingerprint density at radius 3 is 2.50 bits per heavy atom. The highest BCUT2D eigenvalue weighted by Gasteiger charge is 2.21. The first-order valence-electron chi connectivity index (χ1n) is 8.84. The first-order valence-corrected chi connectivity index (χ1v) is 8.84. The van der Waals surface area contributed by atoms with E-state index in [1.807, 2.05) is 31.2 Å². The second kappa shape index (κ2) is 8.05. The monoisotopic (exact) mass is 358 g/mol. The molecular formula is C19H24N3O4+. The fraction of sp³-hybridized carbons (Fsp3) is 0.368. The average molecular weight is 358 g/mol. The number of hydrogen-bond donors (Lipinski definition) is 2. The minimum absolute atomic E-state index is 0.121. The van der Waals surface area contributed by atoms with Crippen molar-refractivity contribution < 1.29 is 19.7 Å². The van der Waals surface area contributed by atoms with Crippen LogP contribution in [-0.2, 0) is 6.54 Å². The molecule has 0 saturated carbocycles. The maximum Gasteiger partial charge on any atom is 0.269 e. The molecule has 0 aromatic heterocycles. The van der Waals surface area contributed by atoms with E-state index in [9.17, 15) is 15.2 Å². The molecule has 2 aromatic carbocycles. The average Bonchev–Trinajstić information content (AvgIpc) is 2.65. The molecule has 3 rings (SSSR count). The van der Waals surface area contributed by atoms with Gasteiger partial charge in [0.1, 0.15) is 6.54 Å². The zero-order valence-corrected chi connectivity index (χ0v) is 14.9. The maximum atomic E-state index is 10.8. The summed E-state index contributed by atoms with van der Waals surface area (Å²) in [6.45, 7) is 7.10. The molecule has 0 radical (unpaired) electrons. The summed E-state index contributed by atoms with van der Waals surface area (Å²) in [5.74, 6) is 0.711. The third kappa shape index (κ3) is 4.23. The van der Waals surface area contributed by atoms with Crippen molar-refractivity contribution in [1.82, 2.24) is 0 Å². The molecule has 2 N–H and O–H groups in total. The van der Waals surface area contributed by atoms with Gasteiger partial charge in [-0.3, -0.25) is 10.1 Å². The van der Waals surface area contributed by atoms with E-state index in [4.69, 9.17) is 4.74 Å². The van der Waals surface area contributed by atoms with Crippen LogP contribution in [0.25, 0.3) is 0 Å². The van der Waals surface area contributed by atoms with Crippen LogP contribution in [0.1, 0.15) is 12.5 Å². The number of ether oxygens (including phenoxy) is 1. The lowest BCUT2D eigenvalue weighted by Crippen LogP contribution is -3.13. The van der Waals surface area contributed by atoms with Crippen molar-refractivity contribution in [2.24, 2.45) is 0 Å². The van der Waals surface area contributed by atoms with Gasteiger partial charge in [-0.05, 0) is 37.3 Å². The molecule has 1 fully saturated rings. The van der Waals surface area contributed by atoms with Gasteiger partial charge in [0.15, 0.2) is 11.5 Å². The second-order valence-corrected chi connectivity index (χ2v) is 6.42. The summed E-state index contributed by atoms with van der Waals surface area (Å²) in [5, 5.41) is 20.6. The van der Waals surface area contributed by atoms with E-state index < -0.39 is 0 Å². The van der Waals surface area contributed by atoms with Gasteiger partial charge in [0, 0.05) is 23.4 Å². The quantitative estimate of drug-likeness (QED) is 0.606. The van der Waals surface area contributed by atoms with Crippen LogP contribution in [0.5, 0.6) is 11.5 Å². The number of benzene rings is 2. The molecule has 0 aliphatic carbocycles. The highest BCUT2D eigenvalue weighted by atomic mass is 16.6. The van der Waals surface area contributed by atoms with Crippen molar-refractivity contribution >= 4 is 11.4 Å². The topological polar surface area (TPSA) is 80.3 Å². The zero-order valence-electron chi connectivity index (χ0n) is 14.9. The van der Waals surface area contributed by atoms with E-state index in [1.54, 1.807) is 18.2 Å². The number of nitro benzene ring substituents is 1. The number of nitro groups is 1. The number of phenolic OH excluding ortho intramolecular Hbond substituents is 1. The Hall–Kier alpha value is -2.80. The fourth-order valence-electron chi connectivity index (χ4n) is 3.27. The molecule has 1 aliphatic heterocycles. The van der Waals surface area contributed by atoms with Crippen molar-refractivity contribution in [2.45, 2.75) is 13.5 Å². The van der Waals surface area contributed by atoms with Gasteiger partial charge in [-0.1, -0.05) is 0 Å². The van der Waals surface area contributed by atoms with Crippen LogP contribution in [0, 0.1) is 10.1 Å². The van der Waals surface area contributed by atoms with Crippen molar-refractivity contribution in [3.05, 3.63) is 58.1 Å². The van der Waals surface area contributed by atoms with E-state index >= 15 is 0 Å². The van der Waals surface area contributed by atoms with Gasteiger partial charge in [0.25, 0.3) is 5.69 Å². The lowest BCUT2D eigenvalue weighted by Gasteiger charge is -2.33. The number of nitrogens with zero attached hydrogens (tertiary/aromatic N) is 2. The molecule has 138 valence electrons. The van der Waals surface area contributed by atoms with Crippen molar-refractivity contribution in [1.29, 1.82) is 0 Å². The molecule has 2 aromatic rings. The first-order chi connectivity index (χ1) is 12.6. The summed E-state index contributed by atoms with van der Waals surface area (Å²) in [6.07, 6.45) is 0. The largest absolute Gasteiger partial charge is 0.504 e. The van der Waals surface area contributed by atoms with Crippen molar-refractivity contribution in [3.8, 4) is 11.5 Å². The normalized spacial score (nSPS) is 15.0. The molecule has 0 spiro atoms. The lowest BCUT2D eigenvalue weighted by molar-refractivity contribution is -0.914. The van der Waals surface area contributed by atoms with Gasteiger partial charge in [-0.2, -0.15) is 0 Å². The van der Waals surface area contributed by atoms with Crippen LogP contribution in [0.15, 0.2) is 42.5 Å². The number of aromatic hydroxyl groups is 1. The van der Waals surface area contributed by atoms with E-state index in [0.717, 1.165) is 44.0 Å². The number of non-ortho nitro benzene ring substituents is 1. The van der Waals surface area contributed by atoms with Gasteiger partial charge in [-0.25, -0.2) is 0 Å². The molecule has 0 bridgehead atoms. The Kier molecular flexibility index (Phi) is 5.58. The number of nitrogens with one attached hydrogen (secondary N) is 1. The molecule has 0 amide bonds. The van der Waals surface area contributed by atoms with Gasteiger partial charge in [0.2, 0.25) is 0 Å². The number of rotatable bonds is 6. The Morgan fingerprint density at radius 2 is 1.88 bits per heavy atom. The summed E-state index contributed by atoms with van der Waals surface area (Å²) in [5.41, 5.74) is 2.29. The molecule has 1 saturated heterocycles. The fourth-order valence-corrected chi connectivity index (χ4v) is 3.27. The van der Waals surface area contributed by atoms with Gasteiger partial charge < -0.3 is 19.6 Å². The van der Waals surface area contributed by atoms with Gasteiger partial charge >= 0.3 is 0 Å². The number of hydrogen-bond acceptors (Lipinski definition) is 5.